The van der Waals surface area contributed by atoms with E-state index in [9.17, 15) is 4.79 Å². The lowest BCUT2D eigenvalue weighted by atomic mass is 9.70. The number of carbonyl (C=O) groups is 1. The summed E-state index contributed by atoms with van der Waals surface area (Å²) < 4.78 is 0. The molecule has 1 amide bonds. The van der Waals surface area contributed by atoms with E-state index in [4.69, 9.17) is 5.73 Å². The van der Waals surface area contributed by atoms with Gasteiger partial charge in [-0.25, -0.2) is 0 Å². The summed E-state index contributed by atoms with van der Waals surface area (Å²) in [4.78, 5) is 12.2. The van der Waals surface area contributed by atoms with Crippen LogP contribution in [0.1, 0.15) is 58.8 Å². The van der Waals surface area contributed by atoms with E-state index in [0.29, 0.717) is 11.3 Å². The molecule has 2 unspecified atom stereocenters. The van der Waals surface area contributed by atoms with Crippen LogP contribution in [0.15, 0.2) is 0 Å². The van der Waals surface area contributed by atoms with Gasteiger partial charge in [0, 0.05) is 6.54 Å². The van der Waals surface area contributed by atoms with Gasteiger partial charge in [0.05, 0.1) is 5.54 Å². The van der Waals surface area contributed by atoms with Crippen LogP contribution in [0.5, 0.6) is 0 Å². The highest BCUT2D eigenvalue weighted by Crippen LogP contribution is 2.39. The quantitative estimate of drug-likeness (QED) is 0.792. The first-order chi connectivity index (χ1) is 7.94. The molecule has 2 rings (SSSR count). The van der Waals surface area contributed by atoms with Gasteiger partial charge in [-0.2, -0.15) is 0 Å². The zero-order valence-corrected chi connectivity index (χ0v) is 11.2. The van der Waals surface area contributed by atoms with Gasteiger partial charge in [-0.1, -0.05) is 33.1 Å². The zero-order valence-electron chi connectivity index (χ0n) is 11.2. The standard InChI is InChI=1S/C14H26N2O/c1-11-5-3-8-14(15,9-11)12(17)16-10-13(2)6-4-7-13/h11H,3-10,15H2,1-2H3,(H,16,17). The number of carbonyl (C=O) groups excluding carboxylic acids is 1. The summed E-state index contributed by atoms with van der Waals surface area (Å²) in [6, 6.07) is 0. The van der Waals surface area contributed by atoms with Crippen LogP contribution in [0.25, 0.3) is 0 Å². The smallest absolute Gasteiger partial charge is 0.240 e. The molecule has 0 bridgehead atoms. The van der Waals surface area contributed by atoms with Crippen LogP contribution in [0, 0.1) is 11.3 Å². The Labute approximate surface area is 105 Å². The third kappa shape index (κ3) is 2.82. The number of amides is 1. The maximum absolute atomic E-state index is 12.2. The Morgan fingerprint density at radius 2 is 2.06 bits per heavy atom. The molecule has 3 heteroatoms. The molecule has 2 aliphatic carbocycles. The van der Waals surface area contributed by atoms with Gasteiger partial charge in [0.25, 0.3) is 0 Å². The highest BCUT2D eigenvalue weighted by atomic mass is 16.2. The Morgan fingerprint density at radius 3 is 2.59 bits per heavy atom. The summed E-state index contributed by atoms with van der Waals surface area (Å²) in [5.41, 5.74) is 6.01. The fraction of sp³-hybridized carbons (Fsp3) is 0.929. The number of nitrogens with one attached hydrogen (secondary N) is 1. The van der Waals surface area contributed by atoms with Crippen LogP contribution < -0.4 is 11.1 Å². The number of nitrogens with two attached hydrogens (primary N) is 1. The maximum Gasteiger partial charge on any atom is 0.240 e. The molecule has 98 valence electrons. The van der Waals surface area contributed by atoms with E-state index in [1.165, 1.54) is 25.7 Å². The van der Waals surface area contributed by atoms with Crippen LogP contribution in [0.2, 0.25) is 0 Å². The lowest BCUT2D eigenvalue weighted by Crippen LogP contribution is -2.57. The topological polar surface area (TPSA) is 55.1 Å². The molecule has 0 aromatic rings. The fourth-order valence-corrected chi connectivity index (χ4v) is 3.22. The Bertz CT molecular complexity index is 299. The second-order valence-electron chi connectivity index (χ2n) is 6.70. The molecule has 3 nitrogen and oxygen atoms in total. The largest absolute Gasteiger partial charge is 0.354 e. The van der Waals surface area contributed by atoms with E-state index in [2.05, 4.69) is 19.2 Å². The molecule has 0 aromatic heterocycles. The lowest BCUT2D eigenvalue weighted by molar-refractivity contribution is -0.128. The summed E-state index contributed by atoms with van der Waals surface area (Å²) in [5, 5.41) is 3.09. The van der Waals surface area contributed by atoms with Gasteiger partial charge in [-0.3, -0.25) is 4.79 Å². The van der Waals surface area contributed by atoms with E-state index in [-0.39, 0.29) is 5.91 Å². The molecule has 0 saturated heterocycles. The second kappa shape index (κ2) is 4.60. The number of hydrogen-bond acceptors (Lipinski definition) is 2. The van der Waals surface area contributed by atoms with Gasteiger partial charge in [-0.15, -0.1) is 0 Å². The highest BCUT2D eigenvalue weighted by Gasteiger charge is 2.39. The van der Waals surface area contributed by atoms with Crippen molar-refractivity contribution in [3.63, 3.8) is 0 Å². The van der Waals surface area contributed by atoms with Crippen LogP contribution in [-0.4, -0.2) is 18.0 Å². The van der Waals surface area contributed by atoms with Gasteiger partial charge in [-0.05, 0) is 37.0 Å². The van der Waals surface area contributed by atoms with Gasteiger partial charge in [0.1, 0.15) is 0 Å². The normalized spacial score (nSPS) is 36.1. The van der Waals surface area contributed by atoms with E-state index < -0.39 is 5.54 Å². The predicted octanol–water partition coefficient (Wildman–Crippen LogP) is 2.20. The Kier molecular flexibility index (Phi) is 3.48. The van der Waals surface area contributed by atoms with Crippen LogP contribution >= 0.6 is 0 Å². The minimum absolute atomic E-state index is 0.0807. The summed E-state index contributed by atoms with van der Waals surface area (Å²) >= 11 is 0. The molecule has 2 saturated carbocycles. The minimum Gasteiger partial charge on any atom is -0.354 e. The van der Waals surface area contributed by atoms with Crippen LogP contribution in [-0.2, 0) is 4.79 Å². The molecule has 2 fully saturated rings. The average molecular weight is 238 g/mol. The predicted molar refractivity (Wildman–Crippen MR) is 69.5 cm³/mol. The SMILES string of the molecule is CC1CCCC(N)(C(=O)NCC2(C)CCC2)C1. The lowest BCUT2D eigenvalue weighted by Gasteiger charge is -2.40. The third-order valence-electron chi connectivity index (χ3n) is 4.72. The van der Waals surface area contributed by atoms with Crippen molar-refractivity contribution in [1.82, 2.24) is 5.32 Å². The van der Waals surface area contributed by atoms with Crippen molar-refractivity contribution >= 4 is 5.91 Å². The number of rotatable bonds is 3. The van der Waals surface area contributed by atoms with Gasteiger partial charge in [0.15, 0.2) is 0 Å². The van der Waals surface area contributed by atoms with Crippen molar-refractivity contribution in [1.29, 1.82) is 0 Å². The second-order valence-corrected chi connectivity index (χ2v) is 6.70. The van der Waals surface area contributed by atoms with Crippen molar-refractivity contribution in [3.8, 4) is 0 Å². The maximum atomic E-state index is 12.2. The monoisotopic (exact) mass is 238 g/mol. The van der Waals surface area contributed by atoms with Crippen molar-refractivity contribution in [3.05, 3.63) is 0 Å². The molecule has 3 N–H and O–H groups in total. The Hall–Kier alpha value is -0.570. The summed E-state index contributed by atoms with van der Waals surface area (Å²) in [6.07, 6.45) is 7.77. The Morgan fingerprint density at radius 1 is 1.35 bits per heavy atom. The number of hydrogen-bond donors (Lipinski definition) is 2. The van der Waals surface area contributed by atoms with E-state index in [0.717, 1.165) is 25.8 Å². The average Bonchev–Trinajstić information content (AvgIpc) is 2.23. The van der Waals surface area contributed by atoms with Crippen molar-refractivity contribution < 1.29 is 4.79 Å². The molecule has 17 heavy (non-hydrogen) atoms. The zero-order chi connectivity index (χ0) is 12.5. The van der Waals surface area contributed by atoms with Crippen molar-refractivity contribution in [2.45, 2.75) is 64.3 Å². The molecule has 0 radical (unpaired) electrons. The van der Waals surface area contributed by atoms with Crippen molar-refractivity contribution in [2.75, 3.05) is 6.54 Å². The van der Waals surface area contributed by atoms with Crippen LogP contribution in [0.3, 0.4) is 0 Å². The molecule has 2 aliphatic rings. The molecule has 0 spiro atoms. The minimum atomic E-state index is -0.599. The van der Waals surface area contributed by atoms with Crippen LogP contribution in [0.4, 0.5) is 0 Å². The van der Waals surface area contributed by atoms with E-state index >= 15 is 0 Å². The van der Waals surface area contributed by atoms with E-state index in [1.54, 1.807) is 0 Å². The first kappa shape index (κ1) is 12.9. The summed E-state index contributed by atoms with van der Waals surface area (Å²) in [7, 11) is 0. The van der Waals surface area contributed by atoms with Gasteiger partial charge in [0.2, 0.25) is 5.91 Å². The third-order valence-corrected chi connectivity index (χ3v) is 4.72. The first-order valence-electron chi connectivity index (χ1n) is 7.01. The highest BCUT2D eigenvalue weighted by molar-refractivity contribution is 5.86. The molecule has 2 atom stereocenters. The van der Waals surface area contributed by atoms with Crippen molar-refractivity contribution in [2.24, 2.45) is 17.1 Å². The molecular formula is C14H26N2O. The Balaban J connectivity index is 1.85. The summed E-state index contributed by atoms with van der Waals surface area (Å²) in [5.74, 6) is 0.663. The fourth-order valence-electron chi connectivity index (χ4n) is 3.22. The molecule has 0 aromatic carbocycles. The van der Waals surface area contributed by atoms with Gasteiger partial charge < -0.3 is 11.1 Å². The molecular weight excluding hydrogens is 212 g/mol. The molecule has 0 heterocycles. The first-order valence-corrected chi connectivity index (χ1v) is 7.01. The van der Waals surface area contributed by atoms with E-state index in [1.807, 2.05) is 0 Å². The van der Waals surface area contributed by atoms with Gasteiger partial charge >= 0.3 is 0 Å². The molecule has 0 aliphatic heterocycles. The summed E-state index contributed by atoms with van der Waals surface area (Å²) in [6.45, 7) is 5.25.